The molecule has 7 aromatic rings. The van der Waals surface area contributed by atoms with Crippen molar-refractivity contribution in [2.45, 2.75) is 277 Å². The Bertz CT molecular complexity index is 2150. The fourth-order valence-corrected chi connectivity index (χ4v) is 7.43. The van der Waals surface area contributed by atoms with Crippen LogP contribution in [0.4, 0.5) is 0 Å². The van der Waals surface area contributed by atoms with Crippen LogP contribution in [-0.2, 0) is 0 Å². The fraction of sp³-hybridized carbons (Fsp3) is 0.568. The molecule has 0 aliphatic rings. The van der Waals surface area contributed by atoms with Crippen LogP contribution in [0.2, 0.25) is 0 Å². The Labute approximate surface area is 513 Å². The van der Waals surface area contributed by atoms with Crippen LogP contribution in [0.5, 0.6) is 0 Å². The number of rotatable bonds is 14. The van der Waals surface area contributed by atoms with Gasteiger partial charge in [0, 0.05) is 95.6 Å². The van der Waals surface area contributed by atoms with E-state index in [0.29, 0.717) is 82.9 Å². The van der Waals surface area contributed by atoms with E-state index in [4.69, 9.17) is 0 Å². The van der Waals surface area contributed by atoms with Crippen molar-refractivity contribution in [1.82, 2.24) is 49.8 Å². The molecular weight excluding hydrogens is 1030 g/mol. The van der Waals surface area contributed by atoms with E-state index in [1.807, 2.05) is 61.7 Å². The zero-order chi connectivity index (χ0) is 64.0. The van der Waals surface area contributed by atoms with Crippen molar-refractivity contribution >= 4 is 0 Å². The van der Waals surface area contributed by atoms with E-state index in [0.717, 1.165) is 34.4 Å². The molecule has 0 saturated heterocycles. The Morgan fingerprint density at radius 1 is 0.214 bits per heavy atom. The van der Waals surface area contributed by atoms with Gasteiger partial charge in [-0.3, -0.25) is 29.9 Å². The molecule has 10 nitrogen and oxygen atoms in total. The highest BCUT2D eigenvalue weighted by atomic mass is 14.9. The van der Waals surface area contributed by atoms with Gasteiger partial charge in [0.1, 0.15) is 11.6 Å². The molecule has 0 N–H and O–H groups in total. The first-order chi connectivity index (χ1) is 39.3. The first-order valence-corrected chi connectivity index (χ1v) is 31.6. The molecule has 0 amide bonds. The highest BCUT2D eigenvalue weighted by Crippen LogP contribution is 2.23. The van der Waals surface area contributed by atoms with Gasteiger partial charge in [0.05, 0.1) is 11.4 Å². The van der Waals surface area contributed by atoms with Gasteiger partial charge in [0.25, 0.3) is 0 Å². The van der Waals surface area contributed by atoms with E-state index in [1.54, 1.807) is 0 Å². The van der Waals surface area contributed by atoms with Gasteiger partial charge >= 0.3 is 0 Å². The molecule has 84 heavy (non-hydrogen) atoms. The average molecular weight is 1150 g/mol. The third-order valence-electron chi connectivity index (χ3n) is 13.7. The molecule has 0 unspecified atom stereocenters. The summed E-state index contributed by atoms with van der Waals surface area (Å²) in [5.74, 6) is 9.14. The minimum absolute atomic E-state index is 0.420. The summed E-state index contributed by atoms with van der Waals surface area (Å²) in [5, 5.41) is 0. The van der Waals surface area contributed by atoms with Crippen LogP contribution < -0.4 is 0 Å². The molecule has 0 aromatic carbocycles. The average Bonchev–Trinajstić information content (AvgIpc) is 3.46. The lowest BCUT2D eigenvalue weighted by Crippen LogP contribution is -2.01. The third-order valence-corrected chi connectivity index (χ3v) is 13.7. The molecule has 0 fully saturated rings. The maximum absolute atomic E-state index is 4.57. The van der Waals surface area contributed by atoms with Crippen LogP contribution in [0, 0.1) is 0 Å². The molecule has 7 rings (SSSR count). The predicted molar refractivity (Wildman–Crippen MR) is 360 cm³/mol. The lowest BCUT2D eigenvalue weighted by atomic mass is 9.99. The van der Waals surface area contributed by atoms with Gasteiger partial charge in [-0.1, -0.05) is 206 Å². The summed E-state index contributed by atoms with van der Waals surface area (Å²) in [7, 11) is 0. The Morgan fingerprint density at radius 3 is 0.774 bits per heavy atom. The minimum Gasteiger partial charge on any atom is -0.264 e. The summed E-state index contributed by atoms with van der Waals surface area (Å²) in [5.41, 5.74) is 14.7. The molecular formula is C74H116N10. The number of aromatic nitrogens is 10. The maximum atomic E-state index is 4.57. The van der Waals surface area contributed by atoms with E-state index < -0.39 is 0 Å². The molecule has 7 heterocycles. The highest BCUT2D eigenvalue weighted by molar-refractivity contribution is 5.24. The topological polar surface area (TPSA) is 129 Å². The highest BCUT2D eigenvalue weighted by Gasteiger charge is 2.10. The van der Waals surface area contributed by atoms with Crippen LogP contribution in [0.1, 0.15) is 356 Å². The van der Waals surface area contributed by atoms with Crippen molar-refractivity contribution in [1.29, 1.82) is 0 Å². The lowest BCUT2D eigenvalue weighted by molar-refractivity contribution is 0.729. The van der Waals surface area contributed by atoms with Gasteiger partial charge in [0.2, 0.25) is 0 Å². The fourth-order valence-electron chi connectivity index (χ4n) is 7.43. The SMILES string of the molecule is CC(C)c1cccc(C(C)C)n1.CC(C)c1ccnc(C(C)C)c1.CC(C)c1ccnc(C(C)C)c1.CC(C)c1ccnc(C(C)C)n1.CC(C)c1ccnc(C(C)C)n1.CC(C)c1cncc(C(C)C)c1.CC(C)c1cncc(C(C)C)n1. The first kappa shape index (κ1) is 75.9. The first-order valence-electron chi connectivity index (χ1n) is 31.6. The van der Waals surface area contributed by atoms with E-state index >= 15 is 0 Å². The second-order valence-electron chi connectivity index (χ2n) is 26.3. The predicted octanol–water partition coefficient (Wildman–Crippen LogP) is 21.5. The number of hydrogen-bond donors (Lipinski definition) is 0. The van der Waals surface area contributed by atoms with Crippen LogP contribution in [0.15, 0.2) is 110 Å². The third kappa shape index (κ3) is 29.6. The standard InChI is InChI=1S/4C11H17N.3C10H16N2/c1-8(2)10-5-11(9(3)4)7-12-6-10;2*1-8(2)10-5-6-12-11(7-10)9(3)4;1-8(2)10-6-5-7-11(12-10)9(3)4;1-7(2)9-5-11-6-10(12-9)8(3)4;2*1-7(2)9-5-6-11-10(12-9)8(3)4/h4*5-9H,1-4H3;3*5-8H,1-4H3. The quantitative estimate of drug-likeness (QED) is 0.104. The van der Waals surface area contributed by atoms with E-state index in [9.17, 15) is 0 Å². The maximum Gasteiger partial charge on any atom is 0.131 e. The molecule has 0 spiro atoms. The smallest absolute Gasteiger partial charge is 0.131 e. The van der Waals surface area contributed by atoms with Crippen molar-refractivity contribution in [3.05, 3.63) is 190 Å². The molecule has 10 heteroatoms. The minimum atomic E-state index is 0.420. The molecule has 0 aliphatic carbocycles. The van der Waals surface area contributed by atoms with Gasteiger partial charge < -0.3 is 0 Å². The van der Waals surface area contributed by atoms with Gasteiger partial charge in [0.15, 0.2) is 0 Å². The normalized spacial score (nSPS) is 11.2. The lowest BCUT2D eigenvalue weighted by Gasteiger charge is -2.09. The van der Waals surface area contributed by atoms with Crippen molar-refractivity contribution in [3.8, 4) is 0 Å². The molecule has 0 saturated carbocycles. The Balaban J connectivity index is 0.000000490. The number of nitrogens with zero attached hydrogens (tertiary/aromatic N) is 10. The summed E-state index contributed by atoms with van der Waals surface area (Å²) in [6.45, 7) is 60.6. The van der Waals surface area contributed by atoms with Crippen molar-refractivity contribution in [2.24, 2.45) is 0 Å². The Kier molecular flexibility index (Phi) is 35.6. The van der Waals surface area contributed by atoms with Crippen LogP contribution in [0.3, 0.4) is 0 Å². The molecule has 0 radical (unpaired) electrons. The van der Waals surface area contributed by atoms with Gasteiger partial charge in [-0.05, 0) is 142 Å². The molecule has 462 valence electrons. The Hall–Kier alpha value is -6.16. The number of hydrogen-bond acceptors (Lipinski definition) is 10. The van der Waals surface area contributed by atoms with E-state index in [2.05, 4.69) is 292 Å². The van der Waals surface area contributed by atoms with Crippen molar-refractivity contribution in [3.63, 3.8) is 0 Å². The monoisotopic (exact) mass is 1140 g/mol. The summed E-state index contributed by atoms with van der Waals surface area (Å²) < 4.78 is 0. The molecule has 0 aliphatic heterocycles. The Morgan fingerprint density at radius 2 is 0.488 bits per heavy atom. The zero-order valence-electron chi connectivity index (χ0n) is 57.9. The summed E-state index contributed by atoms with van der Waals surface area (Å²) in [4.78, 5) is 43.5. The largest absolute Gasteiger partial charge is 0.264 e. The van der Waals surface area contributed by atoms with Crippen LogP contribution in [-0.4, -0.2) is 49.8 Å². The summed E-state index contributed by atoms with van der Waals surface area (Å²) in [6.07, 6.45) is 15.1. The second-order valence-corrected chi connectivity index (χ2v) is 26.3. The summed E-state index contributed by atoms with van der Waals surface area (Å²) in [6, 6.07) is 21.1. The van der Waals surface area contributed by atoms with Crippen molar-refractivity contribution < 1.29 is 0 Å². The molecule has 0 bridgehead atoms. The number of pyridine rings is 4. The zero-order valence-corrected chi connectivity index (χ0v) is 57.9. The summed E-state index contributed by atoms with van der Waals surface area (Å²) >= 11 is 0. The van der Waals surface area contributed by atoms with E-state index in [-0.39, 0.29) is 0 Å². The van der Waals surface area contributed by atoms with Gasteiger partial charge in [-0.25, -0.2) is 19.9 Å². The molecule has 7 aromatic heterocycles. The van der Waals surface area contributed by atoms with Gasteiger partial charge in [-0.2, -0.15) is 0 Å². The van der Waals surface area contributed by atoms with Gasteiger partial charge in [-0.15, -0.1) is 0 Å². The molecule has 0 atom stereocenters. The van der Waals surface area contributed by atoms with Crippen LogP contribution >= 0.6 is 0 Å². The van der Waals surface area contributed by atoms with Crippen molar-refractivity contribution in [2.75, 3.05) is 0 Å². The second kappa shape index (κ2) is 39.5. The van der Waals surface area contributed by atoms with E-state index in [1.165, 1.54) is 45.0 Å². The van der Waals surface area contributed by atoms with Crippen LogP contribution in [0.25, 0.3) is 0 Å².